The van der Waals surface area contributed by atoms with E-state index in [-0.39, 0.29) is 11.6 Å². The molecule has 0 radical (unpaired) electrons. The van der Waals surface area contributed by atoms with Gasteiger partial charge in [-0.1, -0.05) is 15.9 Å². The van der Waals surface area contributed by atoms with Gasteiger partial charge in [-0.3, -0.25) is 0 Å². The monoisotopic (exact) mass is 360 g/mol. The van der Waals surface area contributed by atoms with Gasteiger partial charge in [-0.15, -0.1) is 0 Å². The van der Waals surface area contributed by atoms with Crippen molar-refractivity contribution < 1.29 is 13.2 Å². The van der Waals surface area contributed by atoms with E-state index in [4.69, 9.17) is 5.84 Å². The van der Waals surface area contributed by atoms with Gasteiger partial charge in [0.1, 0.15) is 11.6 Å². The highest BCUT2D eigenvalue weighted by molar-refractivity contribution is 9.10. The van der Waals surface area contributed by atoms with Crippen molar-refractivity contribution in [2.24, 2.45) is 5.84 Å². The minimum atomic E-state index is -4.47. The molecule has 0 aliphatic carbocycles. The van der Waals surface area contributed by atoms with Crippen molar-refractivity contribution in [3.05, 3.63) is 45.9 Å². The van der Waals surface area contributed by atoms with E-state index in [1.165, 1.54) is 0 Å². The highest BCUT2D eigenvalue weighted by atomic mass is 79.9. The predicted octanol–water partition coefficient (Wildman–Crippen LogP) is 4.20. The Morgan fingerprint density at radius 3 is 2.33 bits per heavy atom. The summed E-state index contributed by atoms with van der Waals surface area (Å²) < 4.78 is 39.3. The number of hydrazine groups is 1. The Kier molecular flexibility index (Phi) is 4.38. The molecule has 0 bridgehead atoms. The number of nitrogen functional groups attached to an aromatic ring is 1. The summed E-state index contributed by atoms with van der Waals surface area (Å²) in [5.74, 6) is 5.14. The van der Waals surface area contributed by atoms with E-state index in [0.717, 1.165) is 22.2 Å². The Morgan fingerprint density at radius 1 is 1.10 bits per heavy atom. The van der Waals surface area contributed by atoms with E-state index < -0.39 is 11.7 Å². The van der Waals surface area contributed by atoms with Gasteiger partial charge < -0.3 is 10.7 Å². The number of hydrogen-bond acceptors (Lipinski definition) is 4. The van der Waals surface area contributed by atoms with Crippen LogP contribution in [0.3, 0.4) is 0 Å². The van der Waals surface area contributed by atoms with E-state index in [9.17, 15) is 13.2 Å². The number of nitrogens with zero attached hydrogens (tertiary/aromatic N) is 1. The molecule has 4 N–H and O–H groups in total. The van der Waals surface area contributed by atoms with E-state index in [1.807, 2.05) is 13.0 Å². The molecule has 2 rings (SSSR count). The molecule has 8 heteroatoms. The summed E-state index contributed by atoms with van der Waals surface area (Å²) in [4.78, 5) is 3.96. The second-order valence-corrected chi connectivity index (χ2v) is 5.33. The number of benzene rings is 1. The lowest BCUT2D eigenvalue weighted by Gasteiger charge is -2.13. The van der Waals surface area contributed by atoms with Crippen molar-refractivity contribution in [3.63, 3.8) is 0 Å². The standard InChI is InChI=1S/C13H12BrF3N4/c1-7-2-9(14)6-10(3-7)19-11-4-8(13(15,16)17)5-12(20-11)21-18/h2-6H,18H2,1H3,(H2,19,20,21). The Balaban J connectivity index is 2.39. The van der Waals surface area contributed by atoms with Crippen LogP contribution in [-0.2, 0) is 6.18 Å². The maximum atomic E-state index is 12.8. The van der Waals surface area contributed by atoms with Crippen LogP contribution in [0.1, 0.15) is 11.1 Å². The topological polar surface area (TPSA) is 63.0 Å². The lowest BCUT2D eigenvalue weighted by atomic mass is 10.2. The van der Waals surface area contributed by atoms with Crippen LogP contribution in [0.25, 0.3) is 0 Å². The van der Waals surface area contributed by atoms with Gasteiger partial charge in [0.05, 0.1) is 5.56 Å². The van der Waals surface area contributed by atoms with Crippen LogP contribution in [0.15, 0.2) is 34.8 Å². The molecule has 0 aliphatic heterocycles. The van der Waals surface area contributed by atoms with Crippen molar-refractivity contribution in [2.75, 3.05) is 10.7 Å². The number of pyridine rings is 1. The van der Waals surface area contributed by atoms with Gasteiger partial charge >= 0.3 is 6.18 Å². The summed E-state index contributed by atoms with van der Waals surface area (Å²) in [6.07, 6.45) is -4.47. The van der Waals surface area contributed by atoms with E-state index >= 15 is 0 Å². The van der Waals surface area contributed by atoms with Crippen molar-refractivity contribution in [1.29, 1.82) is 0 Å². The van der Waals surface area contributed by atoms with Crippen LogP contribution in [0, 0.1) is 6.92 Å². The first-order chi connectivity index (χ1) is 9.77. The molecule has 1 heterocycles. The average Bonchev–Trinajstić information content (AvgIpc) is 2.36. The molecular weight excluding hydrogens is 349 g/mol. The molecule has 112 valence electrons. The number of nitrogens with one attached hydrogen (secondary N) is 2. The smallest absolute Gasteiger partial charge is 0.340 e. The molecule has 2 aromatic rings. The van der Waals surface area contributed by atoms with Gasteiger partial charge in [0.25, 0.3) is 0 Å². The number of aryl methyl sites for hydroxylation is 1. The molecule has 0 fully saturated rings. The zero-order chi connectivity index (χ0) is 15.6. The summed E-state index contributed by atoms with van der Waals surface area (Å²) in [6.45, 7) is 1.88. The van der Waals surface area contributed by atoms with Crippen molar-refractivity contribution >= 4 is 33.3 Å². The first-order valence-electron chi connectivity index (χ1n) is 5.88. The molecule has 0 atom stereocenters. The van der Waals surface area contributed by atoms with E-state index in [0.29, 0.717) is 5.69 Å². The Morgan fingerprint density at radius 2 is 1.76 bits per heavy atom. The van der Waals surface area contributed by atoms with Crippen LogP contribution in [-0.4, -0.2) is 4.98 Å². The number of alkyl halides is 3. The summed E-state index contributed by atoms with van der Waals surface area (Å²) in [6, 6.07) is 7.19. The van der Waals surface area contributed by atoms with Crippen LogP contribution < -0.4 is 16.6 Å². The van der Waals surface area contributed by atoms with Gasteiger partial charge in [0.2, 0.25) is 0 Å². The first kappa shape index (κ1) is 15.6. The Bertz CT molecular complexity index is 638. The zero-order valence-electron chi connectivity index (χ0n) is 10.9. The SMILES string of the molecule is Cc1cc(Br)cc(Nc2cc(C(F)(F)F)cc(NN)n2)c1. The average molecular weight is 361 g/mol. The van der Waals surface area contributed by atoms with Crippen LogP contribution >= 0.6 is 15.9 Å². The summed E-state index contributed by atoms with van der Waals surface area (Å²) in [5, 5.41) is 2.84. The molecule has 0 unspecified atom stereocenters. The first-order valence-corrected chi connectivity index (χ1v) is 6.67. The molecule has 4 nitrogen and oxygen atoms in total. The lowest BCUT2D eigenvalue weighted by Crippen LogP contribution is -2.13. The second-order valence-electron chi connectivity index (χ2n) is 4.41. The number of rotatable bonds is 3. The third kappa shape index (κ3) is 4.08. The summed E-state index contributed by atoms with van der Waals surface area (Å²) >= 11 is 3.33. The van der Waals surface area contributed by atoms with Gasteiger partial charge in [0, 0.05) is 10.2 Å². The fourth-order valence-corrected chi connectivity index (χ4v) is 2.40. The van der Waals surface area contributed by atoms with Gasteiger partial charge in [-0.25, -0.2) is 10.8 Å². The third-order valence-corrected chi connectivity index (χ3v) is 3.07. The molecule has 1 aromatic heterocycles. The fourth-order valence-electron chi connectivity index (χ4n) is 1.79. The molecule has 0 saturated carbocycles. The number of hydrogen-bond donors (Lipinski definition) is 3. The maximum absolute atomic E-state index is 12.8. The minimum absolute atomic E-state index is 0.0512. The predicted molar refractivity (Wildman–Crippen MR) is 79.2 cm³/mol. The largest absolute Gasteiger partial charge is 0.416 e. The summed E-state index contributed by atoms with van der Waals surface area (Å²) in [5.41, 5.74) is 2.87. The van der Waals surface area contributed by atoms with Crippen molar-refractivity contribution in [2.45, 2.75) is 13.1 Å². The second kappa shape index (κ2) is 5.90. The Hall–Kier alpha value is -1.80. The maximum Gasteiger partial charge on any atom is 0.416 e. The molecule has 1 aromatic carbocycles. The summed E-state index contributed by atoms with van der Waals surface area (Å²) in [7, 11) is 0. The highest BCUT2D eigenvalue weighted by Gasteiger charge is 2.31. The van der Waals surface area contributed by atoms with Crippen molar-refractivity contribution in [1.82, 2.24) is 4.98 Å². The molecule has 21 heavy (non-hydrogen) atoms. The van der Waals surface area contributed by atoms with Gasteiger partial charge in [-0.05, 0) is 42.8 Å². The van der Waals surface area contributed by atoms with Crippen LogP contribution in [0.2, 0.25) is 0 Å². The van der Waals surface area contributed by atoms with E-state index in [1.54, 1.807) is 12.1 Å². The van der Waals surface area contributed by atoms with Crippen LogP contribution in [0.5, 0.6) is 0 Å². The number of anilines is 3. The van der Waals surface area contributed by atoms with Crippen molar-refractivity contribution in [3.8, 4) is 0 Å². The van der Waals surface area contributed by atoms with E-state index in [2.05, 4.69) is 31.7 Å². The minimum Gasteiger partial charge on any atom is -0.340 e. The zero-order valence-corrected chi connectivity index (χ0v) is 12.5. The highest BCUT2D eigenvalue weighted by Crippen LogP contribution is 2.32. The molecule has 0 spiro atoms. The normalized spacial score (nSPS) is 11.3. The quantitative estimate of drug-likeness (QED) is 0.566. The lowest BCUT2D eigenvalue weighted by molar-refractivity contribution is -0.137. The molecule has 0 saturated heterocycles. The third-order valence-electron chi connectivity index (χ3n) is 2.62. The van der Waals surface area contributed by atoms with Gasteiger partial charge in [0.15, 0.2) is 0 Å². The fraction of sp³-hybridized carbons (Fsp3) is 0.154. The molecule has 0 amide bonds. The van der Waals surface area contributed by atoms with Crippen LogP contribution in [0.4, 0.5) is 30.5 Å². The van der Waals surface area contributed by atoms with Gasteiger partial charge in [-0.2, -0.15) is 13.2 Å². The Labute approximate surface area is 127 Å². The molecule has 0 aliphatic rings. The number of halogens is 4. The number of nitrogens with two attached hydrogens (primary N) is 1. The molecular formula is C13H12BrF3N4. The number of aromatic nitrogens is 1.